The molecule has 0 saturated carbocycles. The molecular formula is C17H20ClN5O. The lowest BCUT2D eigenvalue weighted by Gasteiger charge is -2.33. The molecular weight excluding hydrogens is 326 g/mol. The van der Waals surface area contributed by atoms with Crippen LogP contribution in [0.2, 0.25) is 5.02 Å². The van der Waals surface area contributed by atoms with Crippen molar-refractivity contribution in [3.05, 3.63) is 46.6 Å². The van der Waals surface area contributed by atoms with Gasteiger partial charge in [0, 0.05) is 49.5 Å². The summed E-state index contributed by atoms with van der Waals surface area (Å²) >= 11 is 5.90. The number of carbonyl (C=O) groups excluding carboxylic acids is 1. The number of halogens is 1. The minimum Gasteiger partial charge on any atom is -0.353 e. The third-order valence-corrected chi connectivity index (χ3v) is 4.24. The molecule has 0 spiro atoms. The van der Waals surface area contributed by atoms with E-state index in [-0.39, 0.29) is 0 Å². The second kappa shape index (κ2) is 7.49. The first kappa shape index (κ1) is 16.5. The summed E-state index contributed by atoms with van der Waals surface area (Å²) < 4.78 is 0. The molecule has 1 N–H and O–H groups in total. The fraction of sp³-hybridized carbons (Fsp3) is 0.353. The van der Waals surface area contributed by atoms with E-state index in [1.54, 1.807) is 4.90 Å². The van der Waals surface area contributed by atoms with Crippen molar-refractivity contribution < 1.29 is 4.79 Å². The average molecular weight is 346 g/mol. The first-order valence-electron chi connectivity index (χ1n) is 7.92. The van der Waals surface area contributed by atoms with E-state index >= 15 is 0 Å². The molecule has 2 aromatic rings. The molecule has 3 rings (SSSR count). The Morgan fingerprint density at radius 1 is 1.17 bits per heavy atom. The van der Waals surface area contributed by atoms with E-state index in [1.165, 1.54) is 0 Å². The minimum absolute atomic E-state index is 0.609. The van der Waals surface area contributed by atoms with Crippen molar-refractivity contribution in [3.8, 4) is 0 Å². The molecule has 1 aromatic carbocycles. The highest BCUT2D eigenvalue weighted by Gasteiger charge is 2.17. The van der Waals surface area contributed by atoms with Crippen LogP contribution in [-0.2, 0) is 11.3 Å². The van der Waals surface area contributed by atoms with Gasteiger partial charge < -0.3 is 15.1 Å². The van der Waals surface area contributed by atoms with Crippen molar-refractivity contribution in [1.82, 2.24) is 14.9 Å². The van der Waals surface area contributed by atoms with Gasteiger partial charge in [0.1, 0.15) is 5.82 Å². The number of hydrogen-bond donors (Lipinski definition) is 1. The maximum atomic E-state index is 10.8. The third-order valence-electron chi connectivity index (χ3n) is 3.99. The van der Waals surface area contributed by atoms with E-state index in [9.17, 15) is 4.79 Å². The second-order valence-electron chi connectivity index (χ2n) is 5.80. The Hall–Kier alpha value is -2.34. The predicted octanol–water partition coefficient (Wildman–Crippen LogP) is 2.33. The summed E-state index contributed by atoms with van der Waals surface area (Å²) in [5.74, 6) is 1.50. The molecule has 1 fully saturated rings. The van der Waals surface area contributed by atoms with Crippen LogP contribution in [0.1, 0.15) is 11.3 Å². The number of aromatic nitrogens is 2. The Morgan fingerprint density at radius 2 is 1.88 bits per heavy atom. The number of hydrogen-bond acceptors (Lipinski definition) is 5. The van der Waals surface area contributed by atoms with Crippen molar-refractivity contribution in [2.24, 2.45) is 0 Å². The maximum Gasteiger partial charge on any atom is 0.225 e. The largest absolute Gasteiger partial charge is 0.353 e. The molecule has 6 nitrogen and oxygen atoms in total. The topological polar surface area (TPSA) is 61.4 Å². The normalized spacial score (nSPS) is 14.6. The molecule has 0 bridgehead atoms. The minimum atomic E-state index is 0.609. The van der Waals surface area contributed by atoms with Crippen LogP contribution >= 0.6 is 11.6 Å². The lowest BCUT2D eigenvalue weighted by atomic mass is 10.2. The number of aryl methyl sites for hydroxylation is 1. The van der Waals surface area contributed by atoms with Gasteiger partial charge in [0.15, 0.2) is 0 Å². The van der Waals surface area contributed by atoms with E-state index < -0.39 is 0 Å². The summed E-state index contributed by atoms with van der Waals surface area (Å²) in [5, 5.41) is 3.99. The Morgan fingerprint density at radius 3 is 2.54 bits per heavy atom. The van der Waals surface area contributed by atoms with Gasteiger partial charge >= 0.3 is 0 Å². The average Bonchev–Trinajstić information content (AvgIpc) is 2.61. The molecule has 24 heavy (non-hydrogen) atoms. The maximum absolute atomic E-state index is 10.8. The second-order valence-corrected chi connectivity index (χ2v) is 6.24. The van der Waals surface area contributed by atoms with E-state index in [1.807, 2.05) is 37.3 Å². The Labute approximate surface area is 146 Å². The number of benzene rings is 1. The van der Waals surface area contributed by atoms with Gasteiger partial charge in [-0.2, -0.15) is 4.98 Å². The Balaban J connectivity index is 1.67. The molecule has 126 valence electrons. The highest BCUT2D eigenvalue weighted by atomic mass is 35.5. The van der Waals surface area contributed by atoms with Gasteiger partial charge in [-0.1, -0.05) is 23.7 Å². The predicted molar refractivity (Wildman–Crippen MR) is 95.4 cm³/mol. The van der Waals surface area contributed by atoms with E-state index in [0.29, 0.717) is 12.5 Å². The van der Waals surface area contributed by atoms with Gasteiger partial charge in [-0.25, -0.2) is 4.98 Å². The monoisotopic (exact) mass is 345 g/mol. The summed E-state index contributed by atoms with van der Waals surface area (Å²) in [7, 11) is 0. The molecule has 0 radical (unpaired) electrons. The van der Waals surface area contributed by atoms with Crippen LogP contribution in [0, 0.1) is 6.92 Å². The van der Waals surface area contributed by atoms with Crippen molar-refractivity contribution in [2.45, 2.75) is 13.5 Å². The number of nitrogens with zero attached hydrogens (tertiary/aromatic N) is 4. The molecule has 0 atom stereocenters. The first-order valence-corrected chi connectivity index (χ1v) is 8.30. The summed E-state index contributed by atoms with van der Waals surface area (Å²) in [6, 6.07) is 9.67. The summed E-state index contributed by atoms with van der Waals surface area (Å²) in [6.07, 6.45) is 0.904. The first-order chi connectivity index (χ1) is 11.6. The molecule has 1 aliphatic heterocycles. The molecule has 1 saturated heterocycles. The molecule has 7 heteroatoms. The van der Waals surface area contributed by atoms with Crippen molar-refractivity contribution in [3.63, 3.8) is 0 Å². The highest BCUT2D eigenvalue weighted by Crippen LogP contribution is 2.17. The number of nitrogens with one attached hydrogen (secondary N) is 1. The smallest absolute Gasteiger partial charge is 0.225 e. The molecule has 1 aromatic heterocycles. The van der Waals surface area contributed by atoms with Crippen LogP contribution in [0.3, 0.4) is 0 Å². The Kier molecular flexibility index (Phi) is 5.15. The van der Waals surface area contributed by atoms with Crippen LogP contribution in [0.4, 0.5) is 11.8 Å². The van der Waals surface area contributed by atoms with Crippen LogP contribution < -0.4 is 10.2 Å². The highest BCUT2D eigenvalue weighted by molar-refractivity contribution is 6.30. The number of piperazine rings is 1. The fourth-order valence-electron chi connectivity index (χ4n) is 2.63. The molecule has 2 heterocycles. The lowest BCUT2D eigenvalue weighted by molar-refractivity contribution is -0.118. The molecule has 0 unspecified atom stereocenters. The van der Waals surface area contributed by atoms with Gasteiger partial charge in [-0.3, -0.25) is 4.79 Å². The fourth-order valence-corrected chi connectivity index (χ4v) is 2.76. The van der Waals surface area contributed by atoms with E-state index in [2.05, 4.69) is 20.2 Å². The van der Waals surface area contributed by atoms with Crippen LogP contribution in [0.25, 0.3) is 0 Å². The van der Waals surface area contributed by atoms with Crippen molar-refractivity contribution >= 4 is 29.8 Å². The van der Waals surface area contributed by atoms with Gasteiger partial charge in [0.25, 0.3) is 0 Å². The number of carbonyl (C=O) groups is 1. The lowest BCUT2D eigenvalue weighted by Crippen LogP contribution is -2.46. The SMILES string of the molecule is Cc1cc(N2CCN(C=O)CC2)nc(NCc2ccc(Cl)cc2)n1. The summed E-state index contributed by atoms with van der Waals surface area (Å²) in [5.41, 5.74) is 2.03. The molecule has 1 amide bonds. The van der Waals surface area contributed by atoms with Crippen molar-refractivity contribution in [2.75, 3.05) is 36.4 Å². The quantitative estimate of drug-likeness (QED) is 0.843. The van der Waals surface area contributed by atoms with Gasteiger partial charge in [-0.05, 0) is 24.6 Å². The number of rotatable bonds is 5. The molecule has 1 aliphatic rings. The van der Waals surface area contributed by atoms with Gasteiger partial charge in [0.05, 0.1) is 0 Å². The number of amides is 1. The van der Waals surface area contributed by atoms with Crippen LogP contribution in [-0.4, -0.2) is 47.5 Å². The van der Waals surface area contributed by atoms with E-state index in [4.69, 9.17) is 11.6 Å². The zero-order valence-electron chi connectivity index (χ0n) is 13.6. The van der Waals surface area contributed by atoms with Crippen LogP contribution in [0.15, 0.2) is 30.3 Å². The van der Waals surface area contributed by atoms with Crippen LogP contribution in [0.5, 0.6) is 0 Å². The molecule has 0 aliphatic carbocycles. The van der Waals surface area contributed by atoms with Gasteiger partial charge in [0.2, 0.25) is 12.4 Å². The zero-order chi connectivity index (χ0) is 16.9. The summed E-state index contributed by atoms with van der Waals surface area (Å²) in [6.45, 7) is 5.61. The standard InChI is InChI=1S/C17H20ClN5O/c1-13-10-16(23-8-6-22(12-24)7-9-23)21-17(20-13)19-11-14-2-4-15(18)5-3-14/h2-5,10,12H,6-9,11H2,1H3,(H,19,20,21). The Bertz CT molecular complexity index is 699. The van der Waals surface area contributed by atoms with Gasteiger partial charge in [-0.15, -0.1) is 0 Å². The van der Waals surface area contributed by atoms with E-state index in [0.717, 1.165) is 54.7 Å². The zero-order valence-corrected chi connectivity index (χ0v) is 14.3. The van der Waals surface area contributed by atoms with Crippen molar-refractivity contribution in [1.29, 1.82) is 0 Å². The summed E-state index contributed by atoms with van der Waals surface area (Å²) in [4.78, 5) is 23.8. The number of anilines is 2. The third kappa shape index (κ3) is 4.14.